The summed E-state index contributed by atoms with van der Waals surface area (Å²) in [6, 6.07) is 0.451. The molecule has 0 amide bonds. The quantitative estimate of drug-likeness (QED) is 0.323. The number of nitrogens with one attached hydrogen (secondary N) is 1. The fourth-order valence-electron chi connectivity index (χ4n) is 0.500. The lowest BCUT2D eigenvalue weighted by atomic mass is 10.2. The maximum atomic E-state index is 5.62. The molecule has 62 valence electrons. The summed E-state index contributed by atoms with van der Waals surface area (Å²) in [5.41, 5.74) is 5.62. The third-order valence-electron chi connectivity index (χ3n) is 1.08. The van der Waals surface area contributed by atoms with Crippen LogP contribution >= 0.6 is 0 Å². The van der Waals surface area contributed by atoms with Crippen LogP contribution in [0.3, 0.4) is 0 Å². The molecule has 0 aromatic heterocycles. The van der Waals surface area contributed by atoms with Gasteiger partial charge in [-0.05, 0) is 13.8 Å². The summed E-state index contributed by atoms with van der Waals surface area (Å²) < 4.78 is 0. The number of hydrogen-bond acceptors (Lipinski definition) is 0. The molecule has 0 saturated carbocycles. The lowest BCUT2D eigenvalue weighted by molar-refractivity contribution is -0.496. The highest BCUT2D eigenvalue weighted by Gasteiger charge is 2.04. The Labute approximate surface area is 69.3 Å². The zero-order valence-corrected chi connectivity index (χ0v) is 7.87. The summed E-state index contributed by atoms with van der Waals surface area (Å²) in [6.07, 6.45) is 0. The molecule has 0 heterocycles. The maximum absolute atomic E-state index is 5.62. The van der Waals surface area contributed by atoms with Crippen molar-refractivity contribution < 1.29 is 17.4 Å². The second-order valence-corrected chi connectivity index (χ2v) is 2.91. The first kappa shape index (κ1) is 12.4. The molecule has 0 aromatic carbocycles. The lowest BCUT2D eigenvalue weighted by Gasteiger charge is -1.99. The van der Waals surface area contributed by atoms with Crippen LogP contribution in [-0.4, -0.2) is 11.9 Å². The molecule has 0 aliphatic carbocycles. The van der Waals surface area contributed by atoms with Gasteiger partial charge in [0.2, 0.25) is 5.84 Å². The summed E-state index contributed by atoms with van der Waals surface area (Å²) in [5, 5.41) is 0. The van der Waals surface area contributed by atoms with Crippen molar-refractivity contribution in [1.29, 1.82) is 0 Å². The molecule has 0 radical (unpaired) electrons. The van der Waals surface area contributed by atoms with Gasteiger partial charge < -0.3 is 12.4 Å². The zero-order chi connectivity index (χ0) is 7.44. The molecule has 3 N–H and O–H groups in total. The molecule has 0 spiro atoms. The molecular formula is C7H17ClN2. The highest BCUT2D eigenvalue weighted by atomic mass is 35.5. The lowest BCUT2D eigenvalue weighted by Crippen LogP contribution is -3.00. The molecule has 0 aliphatic heterocycles. The van der Waals surface area contributed by atoms with Crippen LogP contribution in [-0.2, 0) is 0 Å². The fourth-order valence-corrected chi connectivity index (χ4v) is 0.500. The second kappa shape index (κ2) is 5.54. The van der Waals surface area contributed by atoms with Crippen molar-refractivity contribution in [3.05, 3.63) is 0 Å². The van der Waals surface area contributed by atoms with Gasteiger partial charge in [-0.1, -0.05) is 13.8 Å². The van der Waals surface area contributed by atoms with Crippen LogP contribution in [0.25, 0.3) is 0 Å². The molecule has 3 heteroatoms. The largest absolute Gasteiger partial charge is 1.00 e. The van der Waals surface area contributed by atoms with Gasteiger partial charge >= 0.3 is 0 Å². The van der Waals surface area contributed by atoms with E-state index in [2.05, 4.69) is 32.7 Å². The van der Waals surface area contributed by atoms with E-state index < -0.39 is 0 Å². The number of rotatable bonds is 2. The van der Waals surface area contributed by atoms with Crippen molar-refractivity contribution in [3.8, 4) is 0 Å². The van der Waals surface area contributed by atoms with E-state index in [9.17, 15) is 0 Å². The van der Waals surface area contributed by atoms with Gasteiger partial charge in [-0.25, -0.2) is 0 Å². The van der Waals surface area contributed by atoms with E-state index >= 15 is 0 Å². The molecule has 0 bridgehead atoms. The van der Waals surface area contributed by atoms with E-state index in [1.165, 1.54) is 0 Å². The van der Waals surface area contributed by atoms with E-state index in [0.29, 0.717) is 12.0 Å². The average molecular weight is 165 g/mol. The minimum atomic E-state index is 0. The van der Waals surface area contributed by atoms with E-state index in [-0.39, 0.29) is 12.4 Å². The van der Waals surface area contributed by atoms with Gasteiger partial charge in [-0.2, -0.15) is 0 Å². The third kappa shape index (κ3) is 5.89. The van der Waals surface area contributed by atoms with Gasteiger partial charge in [0, 0.05) is 0 Å². The van der Waals surface area contributed by atoms with Crippen LogP contribution < -0.4 is 23.1 Å². The first-order chi connectivity index (χ1) is 4.04. The smallest absolute Gasteiger partial charge is 0.243 e. The Morgan fingerprint density at radius 3 is 1.70 bits per heavy atom. The summed E-state index contributed by atoms with van der Waals surface area (Å²) in [7, 11) is 0. The Morgan fingerprint density at radius 2 is 1.60 bits per heavy atom. The number of halogens is 1. The van der Waals surface area contributed by atoms with Gasteiger partial charge in [0.25, 0.3) is 0 Å². The van der Waals surface area contributed by atoms with Crippen molar-refractivity contribution in [2.75, 3.05) is 0 Å². The van der Waals surface area contributed by atoms with Crippen LogP contribution in [0.1, 0.15) is 27.7 Å². The van der Waals surface area contributed by atoms with Crippen LogP contribution in [0, 0.1) is 5.92 Å². The van der Waals surface area contributed by atoms with Crippen molar-refractivity contribution >= 4 is 5.84 Å². The molecule has 0 fully saturated rings. The van der Waals surface area contributed by atoms with Gasteiger partial charge in [0.15, 0.2) is 0 Å². The van der Waals surface area contributed by atoms with E-state index in [1.807, 2.05) is 0 Å². The number of nitrogens with two attached hydrogens (primary N) is 1. The minimum absolute atomic E-state index is 0. The number of amidine groups is 1. The molecule has 0 aromatic rings. The Hall–Kier alpha value is -0.240. The highest BCUT2D eigenvalue weighted by molar-refractivity contribution is 5.76. The molecule has 10 heavy (non-hydrogen) atoms. The summed E-state index contributed by atoms with van der Waals surface area (Å²) in [4.78, 5) is 3.14. The van der Waals surface area contributed by atoms with E-state index in [1.54, 1.807) is 0 Å². The standard InChI is InChI=1S/C7H16N2.ClH/c1-5(2)7(8)9-6(3)4;/h5-6H,1-4H3,(H2,8,9);1H. The molecule has 0 saturated heterocycles. The predicted octanol–water partition coefficient (Wildman–Crippen LogP) is -3.51. The fraction of sp³-hybridized carbons (Fsp3) is 0.857. The summed E-state index contributed by atoms with van der Waals surface area (Å²) >= 11 is 0. The summed E-state index contributed by atoms with van der Waals surface area (Å²) in [6.45, 7) is 8.31. The van der Waals surface area contributed by atoms with Gasteiger partial charge in [0.05, 0.1) is 12.0 Å². The van der Waals surface area contributed by atoms with E-state index in [4.69, 9.17) is 5.73 Å². The first-order valence-electron chi connectivity index (χ1n) is 3.43. The van der Waals surface area contributed by atoms with Gasteiger partial charge in [-0.3, -0.25) is 10.7 Å². The predicted molar refractivity (Wildman–Crippen MR) is 40.1 cm³/mol. The SMILES string of the molecule is CC(C)[NH+]=C(N)C(C)C.[Cl-]. The number of hydrogen-bond donors (Lipinski definition) is 2. The van der Waals surface area contributed by atoms with Crippen LogP contribution in [0.15, 0.2) is 0 Å². The Bertz CT molecular complexity index is 108. The molecular weight excluding hydrogens is 148 g/mol. The highest BCUT2D eigenvalue weighted by Crippen LogP contribution is 1.83. The Morgan fingerprint density at radius 1 is 1.20 bits per heavy atom. The van der Waals surface area contributed by atoms with Gasteiger partial charge in [-0.15, -0.1) is 0 Å². The van der Waals surface area contributed by atoms with Crippen molar-refractivity contribution in [3.63, 3.8) is 0 Å². The van der Waals surface area contributed by atoms with Crippen molar-refractivity contribution in [1.82, 2.24) is 0 Å². The molecule has 0 unspecified atom stereocenters. The molecule has 0 atom stereocenters. The van der Waals surface area contributed by atoms with Crippen LogP contribution in [0.5, 0.6) is 0 Å². The Balaban J connectivity index is 0. The first-order valence-corrected chi connectivity index (χ1v) is 3.43. The Kier molecular flexibility index (Phi) is 6.89. The maximum Gasteiger partial charge on any atom is 0.243 e. The molecule has 2 nitrogen and oxygen atoms in total. The van der Waals surface area contributed by atoms with Crippen LogP contribution in [0.2, 0.25) is 0 Å². The second-order valence-electron chi connectivity index (χ2n) is 2.91. The normalized spacial score (nSPS) is 12.0. The monoisotopic (exact) mass is 164 g/mol. The van der Waals surface area contributed by atoms with Crippen molar-refractivity contribution in [2.45, 2.75) is 33.7 Å². The minimum Gasteiger partial charge on any atom is -1.00 e. The zero-order valence-electron chi connectivity index (χ0n) is 7.11. The van der Waals surface area contributed by atoms with Crippen LogP contribution in [0.4, 0.5) is 0 Å². The van der Waals surface area contributed by atoms with Gasteiger partial charge in [0.1, 0.15) is 0 Å². The average Bonchev–Trinajstić information content (AvgIpc) is 1.63. The topological polar surface area (TPSA) is 40.0 Å². The molecule has 0 rings (SSSR count). The molecule has 0 aliphatic rings. The summed E-state index contributed by atoms with van der Waals surface area (Å²) in [5.74, 6) is 1.32. The van der Waals surface area contributed by atoms with E-state index in [0.717, 1.165) is 5.84 Å². The van der Waals surface area contributed by atoms with Crippen molar-refractivity contribution in [2.24, 2.45) is 11.7 Å². The third-order valence-corrected chi connectivity index (χ3v) is 1.08.